The van der Waals surface area contributed by atoms with Crippen molar-refractivity contribution in [3.63, 3.8) is 0 Å². The second-order valence-corrected chi connectivity index (χ2v) is 5.10. The van der Waals surface area contributed by atoms with E-state index < -0.39 is 5.97 Å². The summed E-state index contributed by atoms with van der Waals surface area (Å²) in [4.78, 5) is 13.3. The zero-order valence-electron chi connectivity index (χ0n) is 10.7. The molecule has 98 valence electrons. The number of piperidine rings is 1. The summed E-state index contributed by atoms with van der Waals surface area (Å²) in [6.07, 6.45) is 2.16. The highest BCUT2D eigenvalue weighted by Gasteiger charge is 2.24. The van der Waals surface area contributed by atoms with Crippen molar-refractivity contribution in [3.05, 3.63) is 35.4 Å². The van der Waals surface area contributed by atoms with Gasteiger partial charge in [0.15, 0.2) is 0 Å². The number of carboxylic acid groups (broad SMARTS) is 1. The van der Waals surface area contributed by atoms with Crippen LogP contribution < -0.4 is 5.73 Å². The van der Waals surface area contributed by atoms with E-state index >= 15 is 0 Å². The standard InChI is InChI=1S/C14H20N2O2/c1-16-7-5-10(6-8-16)13(15)11-3-2-4-12(9-11)14(17)18/h2-4,9-10,13H,5-8,15H2,1H3,(H,17,18). The molecule has 1 fully saturated rings. The van der Waals surface area contributed by atoms with Crippen molar-refractivity contribution in [1.82, 2.24) is 4.90 Å². The van der Waals surface area contributed by atoms with Crippen LogP contribution in [0.15, 0.2) is 24.3 Å². The van der Waals surface area contributed by atoms with Crippen LogP contribution in [0.4, 0.5) is 0 Å². The number of nitrogens with two attached hydrogens (primary N) is 1. The molecule has 1 saturated heterocycles. The second-order valence-electron chi connectivity index (χ2n) is 5.10. The molecule has 1 aliphatic heterocycles. The summed E-state index contributed by atoms with van der Waals surface area (Å²) in [5, 5.41) is 8.99. The fraction of sp³-hybridized carbons (Fsp3) is 0.500. The van der Waals surface area contributed by atoms with Crippen molar-refractivity contribution in [1.29, 1.82) is 0 Å². The van der Waals surface area contributed by atoms with E-state index in [4.69, 9.17) is 10.8 Å². The Hall–Kier alpha value is -1.39. The van der Waals surface area contributed by atoms with Gasteiger partial charge in [-0.15, -0.1) is 0 Å². The van der Waals surface area contributed by atoms with Crippen LogP contribution in [0.25, 0.3) is 0 Å². The lowest BCUT2D eigenvalue weighted by Gasteiger charge is -2.32. The van der Waals surface area contributed by atoms with Crippen molar-refractivity contribution in [2.45, 2.75) is 18.9 Å². The average molecular weight is 248 g/mol. The molecule has 0 amide bonds. The number of rotatable bonds is 3. The predicted molar refractivity (Wildman–Crippen MR) is 70.6 cm³/mol. The van der Waals surface area contributed by atoms with Gasteiger partial charge in [-0.2, -0.15) is 0 Å². The Balaban J connectivity index is 2.10. The molecular weight excluding hydrogens is 228 g/mol. The van der Waals surface area contributed by atoms with Crippen molar-refractivity contribution in [2.75, 3.05) is 20.1 Å². The molecule has 4 nitrogen and oxygen atoms in total. The Kier molecular flexibility index (Phi) is 3.99. The number of hydrogen-bond donors (Lipinski definition) is 2. The smallest absolute Gasteiger partial charge is 0.335 e. The molecule has 0 radical (unpaired) electrons. The largest absolute Gasteiger partial charge is 0.478 e. The van der Waals surface area contributed by atoms with E-state index in [0.717, 1.165) is 31.5 Å². The summed E-state index contributed by atoms with van der Waals surface area (Å²) >= 11 is 0. The quantitative estimate of drug-likeness (QED) is 0.855. The molecule has 1 aromatic rings. The molecular formula is C14H20N2O2. The van der Waals surface area contributed by atoms with Gasteiger partial charge in [0.25, 0.3) is 0 Å². The van der Waals surface area contributed by atoms with Gasteiger partial charge in [-0.05, 0) is 56.6 Å². The lowest BCUT2D eigenvalue weighted by atomic mass is 9.85. The molecule has 1 atom stereocenters. The predicted octanol–water partition coefficient (Wildman–Crippen LogP) is 1.73. The van der Waals surface area contributed by atoms with Gasteiger partial charge < -0.3 is 15.7 Å². The van der Waals surface area contributed by atoms with Crippen LogP contribution in [0, 0.1) is 5.92 Å². The van der Waals surface area contributed by atoms with Gasteiger partial charge in [-0.3, -0.25) is 0 Å². The minimum absolute atomic E-state index is 0.0574. The van der Waals surface area contributed by atoms with Crippen LogP contribution in [-0.4, -0.2) is 36.1 Å². The Morgan fingerprint density at radius 1 is 1.44 bits per heavy atom. The van der Waals surface area contributed by atoms with Crippen molar-refractivity contribution < 1.29 is 9.90 Å². The first-order chi connectivity index (χ1) is 8.58. The Morgan fingerprint density at radius 3 is 2.72 bits per heavy atom. The molecule has 0 bridgehead atoms. The molecule has 2 rings (SSSR count). The summed E-state index contributed by atoms with van der Waals surface area (Å²) in [7, 11) is 2.12. The first-order valence-electron chi connectivity index (χ1n) is 6.35. The molecule has 4 heteroatoms. The van der Waals surface area contributed by atoms with E-state index in [0.29, 0.717) is 11.5 Å². The fourth-order valence-corrected chi connectivity index (χ4v) is 2.54. The topological polar surface area (TPSA) is 66.6 Å². The van der Waals surface area contributed by atoms with E-state index in [1.807, 2.05) is 6.07 Å². The number of aromatic carboxylic acids is 1. The number of benzene rings is 1. The highest BCUT2D eigenvalue weighted by molar-refractivity contribution is 5.87. The number of hydrogen-bond acceptors (Lipinski definition) is 3. The van der Waals surface area contributed by atoms with Crippen LogP contribution in [0.3, 0.4) is 0 Å². The van der Waals surface area contributed by atoms with Gasteiger partial charge >= 0.3 is 5.97 Å². The summed E-state index contributed by atoms with van der Waals surface area (Å²) in [6.45, 7) is 2.13. The van der Waals surface area contributed by atoms with Crippen LogP contribution in [0.5, 0.6) is 0 Å². The first kappa shape index (κ1) is 13.1. The molecule has 0 spiro atoms. The third-order valence-electron chi connectivity index (χ3n) is 3.79. The number of nitrogens with zero attached hydrogens (tertiary/aromatic N) is 1. The van der Waals surface area contributed by atoms with Gasteiger partial charge in [0.1, 0.15) is 0 Å². The van der Waals surface area contributed by atoms with Crippen LogP contribution in [0.1, 0.15) is 34.8 Å². The number of likely N-dealkylation sites (tertiary alicyclic amines) is 1. The third kappa shape index (κ3) is 2.89. The zero-order valence-corrected chi connectivity index (χ0v) is 10.7. The van der Waals surface area contributed by atoms with Crippen LogP contribution >= 0.6 is 0 Å². The Morgan fingerprint density at radius 2 is 2.11 bits per heavy atom. The highest BCUT2D eigenvalue weighted by atomic mass is 16.4. The van der Waals surface area contributed by atoms with E-state index in [2.05, 4.69) is 11.9 Å². The Bertz CT molecular complexity index is 426. The van der Waals surface area contributed by atoms with E-state index in [9.17, 15) is 4.79 Å². The molecule has 3 N–H and O–H groups in total. The number of carbonyl (C=O) groups is 1. The average Bonchev–Trinajstić information content (AvgIpc) is 2.39. The van der Waals surface area contributed by atoms with Crippen molar-refractivity contribution in [3.8, 4) is 0 Å². The molecule has 0 aliphatic carbocycles. The van der Waals surface area contributed by atoms with Gasteiger partial charge in [-0.25, -0.2) is 4.79 Å². The summed E-state index contributed by atoms with van der Waals surface area (Å²) in [5.41, 5.74) is 7.52. The maximum Gasteiger partial charge on any atom is 0.335 e. The van der Waals surface area contributed by atoms with Gasteiger partial charge in [0.05, 0.1) is 5.56 Å². The maximum atomic E-state index is 10.9. The minimum Gasteiger partial charge on any atom is -0.478 e. The monoisotopic (exact) mass is 248 g/mol. The minimum atomic E-state index is -0.896. The zero-order chi connectivity index (χ0) is 13.1. The normalized spacial score (nSPS) is 19.7. The van der Waals surface area contributed by atoms with Crippen molar-refractivity contribution in [2.24, 2.45) is 11.7 Å². The van der Waals surface area contributed by atoms with Crippen molar-refractivity contribution >= 4 is 5.97 Å². The molecule has 1 unspecified atom stereocenters. The van der Waals surface area contributed by atoms with Crippen LogP contribution in [-0.2, 0) is 0 Å². The van der Waals surface area contributed by atoms with Gasteiger partial charge in [0.2, 0.25) is 0 Å². The molecule has 1 aromatic carbocycles. The molecule has 0 saturated carbocycles. The van der Waals surface area contributed by atoms with E-state index in [1.54, 1.807) is 18.2 Å². The SMILES string of the molecule is CN1CCC(C(N)c2cccc(C(=O)O)c2)CC1. The number of carboxylic acids is 1. The lowest BCUT2D eigenvalue weighted by Crippen LogP contribution is -2.35. The molecule has 1 heterocycles. The molecule has 1 aliphatic rings. The maximum absolute atomic E-state index is 10.9. The fourth-order valence-electron chi connectivity index (χ4n) is 2.54. The van der Waals surface area contributed by atoms with E-state index in [-0.39, 0.29) is 6.04 Å². The van der Waals surface area contributed by atoms with E-state index in [1.165, 1.54) is 0 Å². The summed E-state index contributed by atoms with van der Waals surface area (Å²) < 4.78 is 0. The highest BCUT2D eigenvalue weighted by Crippen LogP contribution is 2.28. The molecule has 18 heavy (non-hydrogen) atoms. The Labute approximate surface area is 107 Å². The van der Waals surface area contributed by atoms with Gasteiger partial charge in [-0.1, -0.05) is 12.1 Å². The lowest BCUT2D eigenvalue weighted by molar-refractivity contribution is 0.0696. The summed E-state index contributed by atoms with van der Waals surface area (Å²) in [5.74, 6) is -0.447. The molecule has 0 aromatic heterocycles. The second kappa shape index (κ2) is 5.50. The third-order valence-corrected chi connectivity index (χ3v) is 3.79. The first-order valence-corrected chi connectivity index (χ1v) is 6.35. The van der Waals surface area contributed by atoms with Crippen LogP contribution in [0.2, 0.25) is 0 Å². The summed E-state index contributed by atoms with van der Waals surface area (Å²) in [6, 6.07) is 6.94. The van der Waals surface area contributed by atoms with Gasteiger partial charge in [0, 0.05) is 6.04 Å².